The maximum Gasteiger partial charge on any atom is 0.248 e. The Labute approximate surface area is 91.5 Å². The highest BCUT2D eigenvalue weighted by molar-refractivity contribution is 5.92. The number of nitrogens with two attached hydrogens (primary N) is 1. The van der Waals surface area contributed by atoms with Crippen LogP contribution < -0.4 is 5.73 Å². The average Bonchev–Trinajstić information content (AvgIpc) is 2.17. The van der Waals surface area contributed by atoms with E-state index < -0.39 is 0 Å². The Hall–Kier alpha value is -1.31. The number of hydrogen-bond donors (Lipinski definition) is 1. The molecule has 2 nitrogen and oxygen atoms in total. The second kappa shape index (κ2) is 5.54. The van der Waals surface area contributed by atoms with Crippen LogP contribution in [-0.2, 0) is 6.42 Å². The van der Waals surface area contributed by atoms with Crippen LogP contribution in [0.1, 0.15) is 42.6 Å². The van der Waals surface area contributed by atoms with Crippen molar-refractivity contribution in [3.8, 4) is 0 Å². The molecule has 82 valence electrons. The zero-order valence-electron chi connectivity index (χ0n) is 9.49. The Bertz CT molecular complexity index is 331. The van der Waals surface area contributed by atoms with E-state index in [-0.39, 0.29) is 5.91 Å². The third-order valence-electron chi connectivity index (χ3n) is 2.46. The topological polar surface area (TPSA) is 43.1 Å². The van der Waals surface area contributed by atoms with Gasteiger partial charge in [0.15, 0.2) is 0 Å². The van der Waals surface area contributed by atoms with Gasteiger partial charge < -0.3 is 5.73 Å². The van der Waals surface area contributed by atoms with Crippen LogP contribution in [0.5, 0.6) is 0 Å². The molecule has 1 aromatic carbocycles. The molecule has 2 N–H and O–H groups in total. The molecule has 0 saturated heterocycles. The van der Waals surface area contributed by atoms with Gasteiger partial charge in [0.05, 0.1) is 0 Å². The molecule has 2 heteroatoms. The van der Waals surface area contributed by atoms with Crippen molar-refractivity contribution in [3.63, 3.8) is 0 Å². The molecule has 0 bridgehead atoms. The molecule has 0 saturated carbocycles. The van der Waals surface area contributed by atoms with E-state index in [4.69, 9.17) is 5.73 Å². The number of aryl methyl sites for hydroxylation is 1. The molecule has 1 rings (SSSR count). The van der Waals surface area contributed by atoms with Gasteiger partial charge in [-0.3, -0.25) is 4.79 Å². The van der Waals surface area contributed by atoms with Crippen LogP contribution in [0.4, 0.5) is 0 Å². The molecule has 0 unspecified atom stereocenters. The summed E-state index contributed by atoms with van der Waals surface area (Å²) in [5.74, 6) is 0.394. The quantitative estimate of drug-likeness (QED) is 0.789. The fourth-order valence-corrected chi connectivity index (χ4v) is 1.59. The molecule has 0 aliphatic rings. The molecule has 0 spiro atoms. The van der Waals surface area contributed by atoms with Crippen LogP contribution >= 0.6 is 0 Å². The molecule has 15 heavy (non-hydrogen) atoms. The molecule has 0 aromatic heterocycles. The predicted molar refractivity (Wildman–Crippen MR) is 62.7 cm³/mol. The van der Waals surface area contributed by atoms with Gasteiger partial charge in [0.2, 0.25) is 5.91 Å². The largest absolute Gasteiger partial charge is 0.366 e. The van der Waals surface area contributed by atoms with Crippen molar-refractivity contribution < 1.29 is 4.79 Å². The summed E-state index contributed by atoms with van der Waals surface area (Å²) in [4.78, 5) is 11.0. The van der Waals surface area contributed by atoms with Crippen LogP contribution in [0, 0.1) is 5.92 Å². The number of primary amides is 1. The lowest BCUT2D eigenvalue weighted by Gasteiger charge is -2.05. The lowest BCUT2D eigenvalue weighted by Crippen LogP contribution is -2.10. The first-order chi connectivity index (χ1) is 7.09. The Balaban J connectivity index is 2.54. The molecule has 0 aliphatic carbocycles. The first-order valence-electron chi connectivity index (χ1n) is 5.48. The third kappa shape index (κ3) is 4.15. The van der Waals surface area contributed by atoms with Gasteiger partial charge in [-0.1, -0.05) is 32.4 Å². The van der Waals surface area contributed by atoms with Gasteiger partial charge in [0, 0.05) is 5.56 Å². The summed E-state index contributed by atoms with van der Waals surface area (Å²) in [6.45, 7) is 4.44. The van der Waals surface area contributed by atoms with Crippen LogP contribution in [0.25, 0.3) is 0 Å². The molecule has 0 atom stereocenters. The van der Waals surface area contributed by atoms with Gasteiger partial charge in [-0.05, 0) is 36.5 Å². The van der Waals surface area contributed by atoms with Gasteiger partial charge in [0.25, 0.3) is 0 Å². The van der Waals surface area contributed by atoms with Crippen molar-refractivity contribution >= 4 is 5.91 Å². The van der Waals surface area contributed by atoms with E-state index in [1.807, 2.05) is 18.2 Å². The smallest absolute Gasteiger partial charge is 0.248 e. The van der Waals surface area contributed by atoms with Gasteiger partial charge in [-0.2, -0.15) is 0 Å². The van der Waals surface area contributed by atoms with Gasteiger partial charge in [-0.15, -0.1) is 0 Å². The van der Waals surface area contributed by atoms with Crippen LogP contribution in [-0.4, -0.2) is 5.91 Å². The standard InChI is InChI=1S/C13H19NO/c1-10(2)5-3-6-11-7-4-8-12(9-11)13(14)15/h4,7-10H,3,5-6H2,1-2H3,(H2,14,15). The second-order valence-corrected chi connectivity index (χ2v) is 4.35. The fourth-order valence-electron chi connectivity index (χ4n) is 1.59. The summed E-state index contributed by atoms with van der Waals surface area (Å²) in [5, 5.41) is 0. The Morgan fingerprint density at radius 3 is 2.73 bits per heavy atom. The minimum absolute atomic E-state index is 0.347. The van der Waals surface area contributed by atoms with Gasteiger partial charge >= 0.3 is 0 Å². The highest BCUT2D eigenvalue weighted by Gasteiger charge is 2.01. The summed E-state index contributed by atoms with van der Waals surface area (Å²) in [7, 11) is 0. The molecule has 0 radical (unpaired) electrons. The fraction of sp³-hybridized carbons (Fsp3) is 0.462. The maximum absolute atomic E-state index is 11.0. The second-order valence-electron chi connectivity index (χ2n) is 4.35. The van der Waals surface area contributed by atoms with E-state index in [2.05, 4.69) is 13.8 Å². The molecule has 1 aromatic rings. The van der Waals surface area contributed by atoms with Crippen molar-refractivity contribution in [1.82, 2.24) is 0 Å². The Morgan fingerprint density at radius 2 is 2.13 bits per heavy atom. The molecular formula is C13H19NO. The highest BCUT2D eigenvalue weighted by Crippen LogP contribution is 2.11. The number of carbonyl (C=O) groups is 1. The molecule has 0 fully saturated rings. The van der Waals surface area contributed by atoms with Crippen molar-refractivity contribution in [2.24, 2.45) is 11.7 Å². The van der Waals surface area contributed by atoms with Crippen molar-refractivity contribution in [2.45, 2.75) is 33.1 Å². The van der Waals surface area contributed by atoms with Crippen molar-refractivity contribution in [1.29, 1.82) is 0 Å². The number of hydrogen-bond acceptors (Lipinski definition) is 1. The summed E-state index contributed by atoms with van der Waals surface area (Å²) in [6.07, 6.45) is 3.42. The highest BCUT2D eigenvalue weighted by atomic mass is 16.1. The van der Waals surface area contributed by atoms with Crippen LogP contribution in [0.15, 0.2) is 24.3 Å². The molecule has 1 amide bonds. The lowest BCUT2D eigenvalue weighted by molar-refractivity contribution is 0.1000. The first-order valence-corrected chi connectivity index (χ1v) is 5.48. The van der Waals surface area contributed by atoms with E-state index in [1.165, 1.54) is 18.4 Å². The average molecular weight is 205 g/mol. The van der Waals surface area contributed by atoms with E-state index >= 15 is 0 Å². The number of carbonyl (C=O) groups excluding carboxylic acids is 1. The summed E-state index contributed by atoms with van der Waals surface area (Å²) in [6, 6.07) is 7.59. The zero-order chi connectivity index (χ0) is 11.3. The minimum atomic E-state index is -0.347. The van der Waals surface area contributed by atoms with E-state index in [0.29, 0.717) is 5.56 Å². The molecule has 0 heterocycles. The maximum atomic E-state index is 11.0. The van der Waals surface area contributed by atoms with E-state index in [9.17, 15) is 4.79 Å². The Morgan fingerprint density at radius 1 is 1.40 bits per heavy atom. The number of rotatable bonds is 5. The van der Waals surface area contributed by atoms with Crippen LogP contribution in [0.2, 0.25) is 0 Å². The zero-order valence-corrected chi connectivity index (χ0v) is 9.49. The number of amides is 1. The molecular weight excluding hydrogens is 186 g/mol. The Kier molecular flexibility index (Phi) is 4.35. The third-order valence-corrected chi connectivity index (χ3v) is 2.46. The van der Waals surface area contributed by atoms with Crippen molar-refractivity contribution in [2.75, 3.05) is 0 Å². The lowest BCUT2D eigenvalue weighted by atomic mass is 10.0. The van der Waals surface area contributed by atoms with Crippen molar-refractivity contribution in [3.05, 3.63) is 35.4 Å². The molecule has 0 aliphatic heterocycles. The van der Waals surface area contributed by atoms with Gasteiger partial charge in [0.1, 0.15) is 0 Å². The predicted octanol–water partition coefficient (Wildman–Crippen LogP) is 2.76. The minimum Gasteiger partial charge on any atom is -0.366 e. The van der Waals surface area contributed by atoms with Crippen LogP contribution in [0.3, 0.4) is 0 Å². The normalized spacial score (nSPS) is 10.6. The monoisotopic (exact) mass is 205 g/mol. The number of benzene rings is 1. The SMILES string of the molecule is CC(C)CCCc1cccc(C(N)=O)c1. The van der Waals surface area contributed by atoms with E-state index in [1.54, 1.807) is 6.07 Å². The first kappa shape index (κ1) is 11.8. The summed E-state index contributed by atoms with van der Waals surface area (Å²) >= 11 is 0. The van der Waals surface area contributed by atoms with Gasteiger partial charge in [-0.25, -0.2) is 0 Å². The summed E-state index contributed by atoms with van der Waals surface area (Å²) < 4.78 is 0. The summed E-state index contributed by atoms with van der Waals surface area (Å²) in [5.41, 5.74) is 7.03. The van der Waals surface area contributed by atoms with E-state index in [0.717, 1.165) is 12.3 Å².